The monoisotopic (exact) mass is 181 g/mol. The molecule has 10 heavy (non-hydrogen) atoms. The molecule has 0 fully saturated rings. The molecule has 0 aliphatic carbocycles. The van der Waals surface area contributed by atoms with E-state index in [-0.39, 0.29) is 5.88 Å². The summed E-state index contributed by atoms with van der Waals surface area (Å²) in [6, 6.07) is 0. The van der Waals surface area contributed by atoms with Gasteiger partial charge in [-0.05, 0) is 6.92 Å². The van der Waals surface area contributed by atoms with Gasteiger partial charge in [0.25, 0.3) is 5.91 Å². The van der Waals surface area contributed by atoms with Crippen molar-refractivity contribution in [2.75, 3.05) is 5.88 Å². The second kappa shape index (κ2) is 3.71. The van der Waals surface area contributed by atoms with E-state index in [1.165, 1.54) is 6.92 Å². The summed E-state index contributed by atoms with van der Waals surface area (Å²) in [6.07, 6.45) is 1.09. The Balaban J connectivity index is 4.32. The lowest BCUT2D eigenvalue weighted by Crippen LogP contribution is -2.28. The highest BCUT2D eigenvalue weighted by atomic mass is 35.5. The third-order valence-electron chi connectivity index (χ3n) is 0.844. The molecule has 0 N–H and O–H groups in total. The molecule has 0 aliphatic heterocycles. The summed E-state index contributed by atoms with van der Waals surface area (Å²) in [4.78, 5) is 21.7. The van der Waals surface area contributed by atoms with Crippen LogP contribution in [0.5, 0.6) is 0 Å². The normalized spacial score (nSPS) is 15.1. The van der Waals surface area contributed by atoms with E-state index in [2.05, 4.69) is 4.99 Å². The first-order chi connectivity index (χ1) is 4.54. The number of amides is 1. The van der Waals surface area contributed by atoms with E-state index in [1.807, 2.05) is 0 Å². The first-order valence-electron chi connectivity index (χ1n) is 2.42. The van der Waals surface area contributed by atoms with Crippen LogP contribution >= 0.6 is 23.2 Å². The number of carbonyl (C=O) groups excluding carboxylic acids is 2. The van der Waals surface area contributed by atoms with Crippen molar-refractivity contribution >= 4 is 35.2 Å². The molecular formula is C5H5Cl2NO2. The fourth-order valence-corrected chi connectivity index (χ4v) is 0.372. The van der Waals surface area contributed by atoms with Crippen LogP contribution in [0.1, 0.15) is 6.92 Å². The average molecular weight is 182 g/mol. The van der Waals surface area contributed by atoms with E-state index in [9.17, 15) is 9.59 Å². The molecule has 0 saturated carbocycles. The summed E-state index contributed by atoms with van der Waals surface area (Å²) in [5.74, 6) is -0.849. The van der Waals surface area contributed by atoms with E-state index in [0.717, 1.165) is 6.08 Å². The Morgan fingerprint density at radius 2 is 2.30 bits per heavy atom. The molecule has 0 aromatic carbocycles. The predicted molar refractivity (Wildman–Crippen MR) is 38.1 cm³/mol. The summed E-state index contributed by atoms with van der Waals surface area (Å²) in [6.45, 7) is 1.38. The SMILES string of the molecule is CC(Cl)(CCl)C(=O)N=C=O. The molecule has 5 heteroatoms. The molecule has 0 heterocycles. The van der Waals surface area contributed by atoms with Crippen LogP contribution in [0.25, 0.3) is 0 Å². The maximum absolute atomic E-state index is 10.7. The van der Waals surface area contributed by atoms with Gasteiger partial charge in [0, 0.05) is 0 Å². The first-order valence-corrected chi connectivity index (χ1v) is 3.33. The maximum atomic E-state index is 10.7. The fraction of sp³-hybridized carbons (Fsp3) is 0.600. The third kappa shape index (κ3) is 2.48. The number of rotatable bonds is 2. The standard InChI is InChI=1S/C5H5Cl2NO2/c1-5(7,2-6)4(10)8-3-9/h2H2,1H3. The van der Waals surface area contributed by atoms with E-state index >= 15 is 0 Å². The van der Waals surface area contributed by atoms with Gasteiger partial charge in [0.2, 0.25) is 6.08 Å². The number of hydrogen-bond acceptors (Lipinski definition) is 2. The zero-order valence-electron chi connectivity index (χ0n) is 5.23. The predicted octanol–water partition coefficient (Wildman–Crippen LogP) is 1.09. The second-order valence-corrected chi connectivity index (χ2v) is 2.94. The molecule has 1 unspecified atom stereocenters. The minimum absolute atomic E-state index is 0.0848. The quantitative estimate of drug-likeness (QED) is 0.364. The zero-order chi connectivity index (χ0) is 8.20. The number of hydrogen-bond donors (Lipinski definition) is 0. The van der Waals surface area contributed by atoms with Gasteiger partial charge in [-0.25, -0.2) is 4.79 Å². The van der Waals surface area contributed by atoms with Gasteiger partial charge in [-0.15, -0.1) is 28.2 Å². The van der Waals surface area contributed by atoms with E-state index in [0.29, 0.717) is 0 Å². The van der Waals surface area contributed by atoms with Crippen molar-refractivity contribution < 1.29 is 9.59 Å². The lowest BCUT2D eigenvalue weighted by atomic mass is 10.2. The molecule has 0 aromatic heterocycles. The summed E-state index contributed by atoms with van der Waals surface area (Å²) in [7, 11) is 0. The number of carbonyl (C=O) groups is 1. The second-order valence-electron chi connectivity index (χ2n) is 1.84. The molecule has 1 atom stereocenters. The maximum Gasteiger partial charge on any atom is 0.278 e. The molecule has 56 valence electrons. The van der Waals surface area contributed by atoms with Crippen molar-refractivity contribution in [2.45, 2.75) is 11.8 Å². The molecule has 0 bridgehead atoms. The van der Waals surface area contributed by atoms with Gasteiger partial charge >= 0.3 is 0 Å². The molecule has 0 rings (SSSR count). The van der Waals surface area contributed by atoms with Gasteiger partial charge < -0.3 is 0 Å². The summed E-state index contributed by atoms with van der Waals surface area (Å²) >= 11 is 10.8. The molecule has 0 radical (unpaired) electrons. The first kappa shape index (κ1) is 9.63. The fourth-order valence-electron chi connectivity index (χ4n) is 0.215. The van der Waals surface area contributed by atoms with Gasteiger partial charge in [-0.1, -0.05) is 0 Å². The zero-order valence-corrected chi connectivity index (χ0v) is 6.74. The summed E-state index contributed by atoms with van der Waals surface area (Å²) in [5, 5.41) is 0. The lowest BCUT2D eigenvalue weighted by Gasteiger charge is -2.10. The van der Waals surface area contributed by atoms with Crippen molar-refractivity contribution in [3.8, 4) is 0 Å². The minimum atomic E-state index is -1.28. The Kier molecular flexibility index (Phi) is 3.58. The van der Waals surface area contributed by atoms with Crippen molar-refractivity contribution in [3.63, 3.8) is 0 Å². The number of alkyl halides is 2. The lowest BCUT2D eigenvalue weighted by molar-refractivity contribution is -0.119. The molecule has 0 aromatic rings. The Bertz CT molecular complexity index is 184. The van der Waals surface area contributed by atoms with E-state index in [1.54, 1.807) is 0 Å². The van der Waals surface area contributed by atoms with Gasteiger partial charge in [-0.2, -0.15) is 0 Å². The average Bonchev–Trinajstić information content (AvgIpc) is 1.89. The highest BCUT2D eigenvalue weighted by Crippen LogP contribution is 2.17. The smallest absolute Gasteiger partial charge is 0.270 e. The van der Waals surface area contributed by atoms with Crippen LogP contribution in [0.15, 0.2) is 4.99 Å². The van der Waals surface area contributed by atoms with Crippen molar-refractivity contribution in [1.29, 1.82) is 0 Å². The number of isocyanates is 1. The van der Waals surface area contributed by atoms with Crippen molar-refractivity contribution in [2.24, 2.45) is 4.99 Å². The van der Waals surface area contributed by atoms with Crippen LogP contribution in [0, 0.1) is 0 Å². The van der Waals surface area contributed by atoms with Crippen LogP contribution in [-0.4, -0.2) is 22.7 Å². The van der Waals surface area contributed by atoms with Crippen LogP contribution in [-0.2, 0) is 9.59 Å². The van der Waals surface area contributed by atoms with Crippen LogP contribution < -0.4 is 0 Å². The van der Waals surface area contributed by atoms with Crippen LogP contribution in [0.4, 0.5) is 0 Å². The number of aliphatic imine (C=N–C) groups is 1. The largest absolute Gasteiger partial charge is 0.278 e. The Morgan fingerprint density at radius 3 is 2.60 bits per heavy atom. The highest BCUT2D eigenvalue weighted by Gasteiger charge is 2.29. The van der Waals surface area contributed by atoms with Crippen LogP contribution in [0.3, 0.4) is 0 Å². The van der Waals surface area contributed by atoms with E-state index in [4.69, 9.17) is 23.2 Å². The summed E-state index contributed by atoms with van der Waals surface area (Å²) < 4.78 is 0. The topological polar surface area (TPSA) is 46.5 Å². The number of nitrogens with zero attached hydrogens (tertiary/aromatic N) is 1. The van der Waals surface area contributed by atoms with Gasteiger partial charge in [0.1, 0.15) is 4.87 Å². The third-order valence-corrected chi connectivity index (χ3v) is 1.81. The Morgan fingerprint density at radius 1 is 1.80 bits per heavy atom. The van der Waals surface area contributed by atoms with Gasteiger partial charge in [0.15, 0.2) is 0 Å². The molecule has 3 nitrogen and oxygen atoms in total. The molecule has 0 aliphatic rings. The molecule has 0 saturated heterocycles. The minimum Gasteiger partial charge on any atom is -0.270 e. The summed E-state index contributed by atoms with van der Waals surface area (Å²) in [5.41, 5.74) is 0. The molecule has 1 amide bonds. The number of halogens is 2. The van der Waals surface area contributed by atoms with Gasteiger partial charge in [0.05, 0.1) is 5.88 Å². The van der Waals surface area contributed by atoms with Crippen LogP contribution in [0.2, 0.25) is 0 Å². The van der Waals surface area contributed by atoms with Crippen molar-refractivity contribution in [1.82, 2.24) is 0 Å². The Labute approximate surface area is 68.0 Å². The molecule has 0 spiro atoms. The highest BCUT2D eigenvalue weighted by molar-refractivity contribution is 6.39. The van der Waals surface area contributed by atoms with Gasteiger partial charge in [-0.3, -0.25) is 4.79 Å². The van der Waals surface area contributed by atoms with Crippen molar-refractivity contribution in [3.05, 3.63) is 0 Å². The Hall–Kier alpha value is -0.370. The molecular weight excluding hydrogens is 177 g/mol. The van der Waals surface area contributed by atoms with E-state index < -0.39 is 10.8 Å².